The van der Waals surface area contributed by atoms with Crippen LogP contribution in [0.2, 0.25) is 0 Å². The van der Waals surface area contributed by atoms with Crippen molar-refractivity contribution in [3.8, 4) is 11.5 Å². The maximum absolute atomic E-state index is 13.8. The molecular weight excluding hydrogens is 446 g/mol. The van der Waals surface area contributed by atoms with Crippen LogP contribution in [0.4, 0.5) is 0 Å². The zero-order chi connectivity index (χ0) is 24.5. The molecule has 7 nitrogen and oxygen atoms in total. The van der Waals surface area contributed by atoms with Crippen molar-refractivity contribution in [2.24, 2.45) is 11.8 Å². The molecule has 1 saturated heterocycles. The quantitative estimate of drug-likeness (QED) is 0.538. The van der Waals surface area contributed by atoms with E-state index in [0.29, 0.717) is 42.7 Å². The Morgan fingerprint density at radius 2 is 1.91 bits per heavy atom. The molecule has 3 heterocycles. The highest BCUT2D eigenvalue weighted by molar-refractivity contribution is 6.11. The van der Waals surface area contributed by atoms with Crippen LogP contribution in [0.25, 0.3) is 0 Å². The van der Waals surface area contributed by atoms with Gasteiger partial charge in [0.15, 0.2) is 23.0 Å². The van der Waals surface area contributed by atoms with E-state index in [-0.39, 0.29) is 35.6 Å². The summed E-state index contributed by atoms with van der Waals surface area (Å²) in [6.07, 6.45) is 6.33. The van der Waals surface area contributed by atoms with Gasteiger partial charge >= 0.3 is 0 Å². The van der Waals surface area contributed by atoms with Gasteiger partial charge < -0.3 is 23.8 Å². The van der Waals surface area contributed by atoms with Gasteiger partial charge in [0.25, 0.3) is 5.91 Å². The van der Waals surface area contributed by atoms with Gasteiger partial charge in [-0.05, 0) is 62.1 Å². The lowest BCUT2D eigenvalue weighted by molar-refractivity contribution is -0.136. The Hall–Kier alpha value is -2.54. The standard InChI is InChI=1S/C28H37NO6/c1-17(2)12-14-34-22-11-10-18(15-23(22)32-3)25-24-26(30)20-8-4-5-9-21(20)35-27(24)28(31)29(25)16-19-7-6-13-33-19/h10-11,15,17,19-21,25H,4-9,12-14,16H2,1-3H3. The number of ether oxygens (including phenoxy) is 4. The van der Waals surface area contributed by atoms with Gasteiger partial charge in [-0.2, -0.15) is 0 Å². The van der Waals surface area contributed by atoms with Gasteiger partial charge in [0.1, 0.15) is 6.10 Å². The molecule has 4 aliphatic rings. The third-order valence-corrected chi connectivity index (χ3v) is 7.74. The van der Waals surface area contributed by atoms with Crippen LogP contribution in [0.1, 0.15) is 70.4 Å². The molecule has 7 heteroatoms. The van der Waals surface area contributed by atoms with E-state index in [0.717, 1.165) is 50.5 Å². The first-order valence-corrected chi connectivity index (χ1v) is 13.2. The molecule has 0 radical (unpaired) electrons. The van der Waals surface area contributed by atoms with Crippen LogP contribution in [0.5, 0.6) is 11.5 Å². The molecule has 1 aliphatic carbocycles. The van der Waals surface area contributed by atoms with E-state index >= 15 is 0 Å². The normalized spacial score (nSPS) is 28.3. The Labute approximate surface area is 207 Å². The maximum Gasteiger partial charge on any atom is 0.290 e. The van der Waals surface area contributed by atoms with Crippen LogP contribution >= 0.6 is 0 Å². The number of fused-ring (bicyclic) bond motifs is 1. The number of methoxy groups -OCH3 is 1. The Balaban J connectivity index is 1.49. The fraction of sp³-hybridized carbons (Fsp3) is 0.643. The minimum absolute atomic E-state index is 0.0271. The summed E-state index contributed by atoms with van der Waals surface area (Å²) >= 11 is 0. The summed E-state index contributed by atoms with van der Waals surface area (Å²) in [4.78, 5) is 29.2. The minimum atomic E-state index is -0.504. The van der Waals surface area contributed by atoms with Gasteiger partial charge in [-0.25, -0.2) is 0 Å². The third-order valence-electron chi connectivity index (χ3n) is 7.74. The molecule has 0 aromatic heterocycles. The second-order valence-electron chi connectivity index (χ2n) is 10.6. The molecule has 1 saturated carbocycles. The van der Waals surface area contributed by atoms with Crippen molar-refractivity contribution in [2.45, 2.75) is 77.0 Å². The summed E-state index contributed by atoms with van der Waals surface area (Å²) in [5.41, 5.74) is 1.34. The number of hydrogen-bond donors (Lipinski definition) is 0. The van der Waals surface area contributed by atoms with Crippen molar-refractivity contribution in [3.63, 3.8) is 0 Å². The van der Waals surface area contributed by atoms with E-state index in [1.54, 1.807) is 12.0 Å². The first-order valence-electron chi connectivity index (χ1n) is 13.2. The van der Waals surface area contributed by atoms with Crippen molar-refractivity contribution >= 4 is 11.7 Å². The number of hydrogen-bond acceptors (Lipinski definition) is 6. The average molecular weight is 484 g/mol. The highest BCUT2D eigenvalue weighted by Gasteiger charge is 2.52. The molecular formula is C28H37NO6. The number of nitrogens with zero attached hydrogens (tertiary/aromatic N) is 1. The second kappa shape index (κ2) is 10.2. The Kier molecular flexibility index (Phi) is 7.05. The monoisotopic (exact) mass is 483 g/mol. The number of rotatable bonds is 8. The molecule has 190 valence electrons. The Morgan fingerprint density at radius 3 is 2.66 bits per heavy atom. The zero-order valence-electron chi connectivity index (χ0n) is 21.1. The lowest BCUT2D eigenvalue weighted by Crippen LogP contribution is -2.39. The number of benzene rings is 1. The first kappa shape index (κ1) is 24.2. The average Bonchev–Trinajstić information content (AvgIpc) is 3.46. The molecule has 1 aromatic rings. The summed E-state index contributed by atoms with van der Waals surface area (Å²) in [5.74, 6) is 1.76. The molecule has 5 rings (SSSR count). The van der Waals surface area contributed by atoms with Crippen LogP contribution in [-0.2, 0) is 19.1 Å². The zero-order valence-corrected chi connectivity index (χ0v) is 21.1. The highest BCUT2D eigenvalue weighted by atomic mass is 16.5. The number of Topliss-reactive ketones (excluding diaryl/α,β-unsaturated/α-hetero) is 1. The van der Waals surface area contributed by atoms with Crippen molar-refractivity contribution in [1.29, 1.82) is 0 Å². The van der Waals surface area contributed by atoms with E-state index in [2.05, 4.69) is 13.8 Å². The molecule has 0 N–H and O–H groups in total. The SMILES string of the molecule is COc1cc(C2C3=C(OC4CCCCC4C3=O)C(=O)N2CC2CCCO2)ccc1OCCC(C)C. The van der Waals surface area contributed by atoms with Gasteiger partial charge in [-0.3, -0.25) is 9.59 Å². The number of carbonyl (C=O) groups excluding carboxylic acids is 2. The summed E-state index contributed by atoms with van der Waals surface area (Å²) in [6.45, 7) is 6.08. The largest absolute Gasteiger partial charge is 0.493 e. The smallest absolute Gasteiger partial charge is 0.290 e. The molecule has 2 fully saturated rings. The highest BCUT2D eigenvalue weighted by Crippen LogP contribution is 2.48. The number of amides is 1. The first-order chi connectivity index (χ1) is 17.0. The predicted molar refractivity (Wildman–Crippen MR) is 130 cm³/mol. The van der Waals surface area contributed by atoms with E-state index < -0.39 is 6.04 Å². The van der Waals surface area contributed by atoms with Crippen LogP contribution in [-0.4, -0.2) is 55.7 Å². The number of carbonyl (C=O) groups is 2. The van der Waals surface area contributed by atoms with Crippen LogP contribution in [0.3, 0.4) is 0 Å². The molecule has 35 heavy (non-hydrogen) atoms. The van der Waals surface area contributed by atoms with E-state index in [9.17, 15) is 9.59 Å². The van der Waals surface area contributed by atoms with Crippen LogP contribution < -0.4 is 9.47 Å². The third kappa shape index (κ3) is 4.67. The fourth-order valence-electron chi connectivity index (χ4n) is 5.81. The topological polar surface area (TPSA) is 74.3 Å². The Bertz CT molecular complexity index is 995. The van der Waals surface area contributed by atoms with Crippen LogP contribution in [0.15, 0.2) is 29.5 Å². The van der Waals surface area contributed by atoms with Crippen molar-refractivity contribution in [3.05, 3.63) is 35.1 Å². The molecule has 4 atom stereocenters. The van der Waals surface area contributed by atoms with Gasteiger partial charge in [-0.1, -0.05) is 26.3 Å². The van der Waals surface area contributed by atoms with Crippen molar-refractivity contribution in [2.75, 3.05) is 26.9 Å². The summed E-state index contributed by atoms with van der Waals surface area (Å²) in [6, 6.07) is 5.24. The van der Waals surface area contributed by atoms with Crippen molar-refractivity contribution < 1.29 is 28.5 Å². The van der Waals surface area contributed by atoms with Gasteiger partial charge in [0, 0.05) is 13.2 Å². The maximum atomic E-state index is 13.8. The molecule has 1 aromatic carbocycles. The molecule has 1 amide bonds. The molecule has 0 bridgehead atoms. The van der Waals surface area contributed by atoms with Gasteiger partial charge in [-0.15, -0.1) is 0 Å². The lowest BCUT2D eigenvalue weighted by atomic mass is 9.77. The second-order valence-corrected chi connectivity index (χ2v) is 10.6. The predicted octanol–water partition coefficient (Wildman–Crippen LogP) is 4.59. The lowest BCUT2D eigenvalue weighted by Gasteiger charge is -2.35. The Morgan fingerprint density at radius 1 is 1.09 bits per heavy atom. The van der Waals surface area contributed by atoms with Crippen LogP contribution in [0, 0.1) is 11.8 Å². The van der Waals surface area contributed by atoms with E-state index in [4.69, 9.17) is 18.9 Å². The van der Waals surface area contributed by atoms with Gasteiger partial charge in [0.2, 0.25) is 0 Å². The minimum Gasteiger partial charge on any atom is -0.493 e. The summed E-state index contributed by atoms with van der Waals surface area (Å²) < 4.78 is 23.8. The molecule has 3 aliphatic heterocycles. The molecule has 4 unspecified atom stereocenters. The summed E-state index contributed by atoms with van der Waals surface area (Å²) in [5, 5.41) is 0. The van der Waals surface area contributed by atoms with E-state index in [1.807, 2.05) is 18.2 Å². The summed E-state index contributed by atoms with van der Waals surface area (Å²) in [7, 11) is 1.62. The van der Waals surface area contributed by atoms with Crippen molar-refractivity contribution in [1.82, 2.24) is 4.90 Å². The molecule has 0 spiro atoms. The van der Waals surface area contributed by atoms with Gasteiger partial charge in [0.05, 0.1) is 37.4 Å². The number of ketones is 1. The fourth-order valence-corrected chi connectivity index (χ4v) is 5.81. The van der Waals surface area contributed by atoms with E-state index in [1.165, 1.54) is 0 Å².